The molecule has 0 saturated carbocycles. The molecule has 0 aliphatic carbocycles. The molecular formula is C16H15ClN2O6. The first-order valence-corrected chi connectivity index (χ1v) is 7.54. The number of hydrogen-bond acceptors (Lipinski definition) is 6. The van der Waals surface area contributed by atoms with Gasteiger partial charge in [0.15, 0.2) is 12.0 Å². The van der Waals surface area contributed by atoms with Crippen LogP contribution in [0.1, 0.15) is 10.6 Å². The summed E-state index contributed by atoms with van der Waals surface area (Å²) in [5.74, 6) is -2.23. The fraction of sp³-hybridized carbons (Fsp3) is 0.250. The van der Waals surface area contributed by atoms with Gasteiger partial charge in [-0.1, -0.05) is 11.6 Å². The van der Waals surface area contributed by atoms with E-state index in [1.165, 1.54) is 32.3 Å². The number of esters is 1. The SMILES string of the molecule is CNC(=O)CN(C)C(=O)COC(=O)c1cc(=O)c2cc(Cl)ccc2o1. The van der Waals surface area contributed by atoms with Crippen molar-refractivity contribution in [3.8, 4) is 0 Å². The number of benzene rings is 1. The van der Waals surface area contributed by atoms with Crippen LogP contribution in [0.4, 0.5) is 0 Å². The van der Waals surface area contributed by atoms with Crippen LogP contribution in [0.3, 0.4) is 0 Å². The fourth-order valence-electron chi connectivity index (χ4n) is 1.92. The van der Waals surface area contributed by atoms with Gasteiger partial charge in [-0.15, -0.1) is 0 Å². The van der Waals surface area contributed by atoms with E-state index < -0.39 is 23.9 Å². The second-order valence-electron chi connectivity index (χ2n) is 5.11. The monoisotopic (exact) mass is 366 g/mol. The predicted octanol–water partition coefficient (Wildman–Crippen LogP) is 0.808. The van der Waals surface area contributed by atoms with Crippen molar-refractivity contribution in [2.45, 2.75) is 0 Å². The molecule has 0 bridgehead atoms. The first-order valence-electron chi connectivity index (χ1n) is 7.17. The Morgan fingerprint density at radius 2 is 2.00 bits per heavy atom. The minimum Gasteiger partial charge on any atom is -0.450 e. The largest absolute Gasteiger partial charge is 0.450 e. The molecule has 0 aliphatic heterocycles. The topological polar surface area (TPSA) is 106 Å². The molecule has 2 rings (SSSR count). The average molecular weight is 367 g/mol. The summed E-state index contributed by atoms with van der Waals surface area (Å²) in [4.78, 5) is 48.1. The third-order valence-electron chi connectivity index (χ3n) is 3.30. The van der Waals surface area contributed by atoms with Crippen LogP contribution < -0.4 is 10.7 Å². The zero-order valence-electron chi connectivity index (χ0n) is 13.5. The van der Waals surface area contributed by atoms with Crippen molar-refractivity contribution in [2.75, 3.05) is 27.2 Å². The highest BCUT2D eigenvalue weighted by Crippen LogP contribution is 2.18. The van der Waals surface area contributed by atoms with E-state index in [1.54, 1.807) is 0 Å². The second-order valence-corrected chi connectivity index (χ2v) is 5.55. The Kier molecular flexibility index (Phi) is 5.76. The van der Waals surface area contributed by atoms with Gasteiger partial charge in [-0.05, 0) is 18.2 Å². The zero-order chi connectivity index (χ0) is 18.6. The highest BCUT2D eigenvalue weighted by Gasteiger charge is 2.18. The molecule has 0 atom stereocenters. The van der Waals surface area contributed by atoms with E-state index in [1.807, 2.05) is 0 Å². The van der Waals surface area contributed by atoms with Gasteiger partial charge in [0.2, 0.25) is 11.7 Å². The van der Waals surface area contributed by atoms with Crippen molar-refractivity contribution in [2.24, 2.45) is 0 Å². The number of carbonyl (C=O) groups is 3. The first-order chi connectivity index (χ1) is 11.8. The molecule has 0 aliphatic rings. The maximum absolute atomic E-state index is 12.0. The number of carbonyl (C=O) groups excluding carboxylic acids is 3. The average Bonchev–Trinajstić information content (AvgIpc) is 2.59. The van der Waals surface area contributed by atoms with Gasteiger partial charge in [0.25, 0.3) is 5.91 Å². The number of nitrogens with zero attached hydrogens (tertiary/aromatic N) is 1. The zero-order valence-corrected chi connectivity index (χ0v) is 14.3. The molecule has 9 heteroatoms. The molecule has 0 saturated heterocycles. The van der Waals surface area contributed by atoms with E-state index in [4.69, 9.17) is 20.8 Å². The lowest BCUT2D eigenvalue weighted by molar-refractivity contribution is -0.137. The molecule has 8 nitrogen and oxygen atoms in total. The summed E-state index contributed by atoms with van der Waals surface area (Å²) in [5, 5.41) is 2.96. The Balaban J connectivity index is 2.07. The smallest absolute Gasteiger partial charge is 0.374 e. The number of rotatable bonds is 5. The standard InChI is InChI=1S/C16H15ClN2O6/c1-18-14(21)7-19(2)15(22)8-24-16(23)13-6-11(20)10-5-9(17)3-4-12(10)25-13/h3-6H,7-8H2,1-2H3,(H,18,21). The lowest BCUT2D eigenvalue weighted by Crippen LogP contribution is -2.39. The lowest BCUT2D eigenvalue weighted by Gasteiger charge is -2.15. The molecule has 0 radical (unpaired) electrons. The Morgan fingerprint density at radius 3 is 2.68 bits per heavy atom. The summed E-state index contributed by atoms with van der Waals surface area (Å²) in [6.45, 7) is -0.757. The maximum atomic E-state index is 12.0. The number of halogens is 1. The van der Waals surface area contributed by atoms with Gasteiger partial charge >= 0.3 is 5.97 Å². The second kappa shape index (κ2) is 7.80. The van der Waals surface area contributed by atoms with Crippen LogP contribution in [-0.4, -0.2) is 49.9 Å². The molecule has 2 amide bonds. The summed E-state index contributed by atoms with van der Waals surface area (Å²) in [6, 6.07) is 5.37. The molecule has 0 fully saturated rings. The van der Waals surface area contributed by atoms with Crippen molar-refractivity contribution in [3.63, 3.8) is 0 Å². The molecule has 1 aromatic heterocycles. The van der Waals surface area contributed by atoms with Gasteiger partial charge in [0.05, 0.1) is 11.9 Å². The minimum absolute atomic E-state index is 0.168. The Morgan fingerprint density at radius 1 is 1.28 bits per heavy atom. The van der Waals surface area contributed by atoms with Crippen LogP contribution in [0.5, 0.6) is 0 Å². The first kappa shape index (κ1) is 18.5. The quantitative estimate of drug-likeness (QED) is 0.785. The number of amides is 2. The van der Waals surface area contributed by atoms with E-state index in [-0.39, 0.29) is 29.2 Å². The van der Waals surface area contributed by atoms with Crippen molar-refractivity contribution in [3.05, 3.63) is 45.3 Å². The van der Waals surface area contributed by atoms with Crippen molar-refractivity contribution in [1.29, 1.82) is 0 Å². The van der Waals surface area contributed by atoms with E-state index in [0.717, 1.165) is 11.0 Å². The molecular weight excluding hydrogens is 352 g/mol. The Bertz CT molecular complexity index is 892. The summed E-state index contributed by atoms with van der Waals surface area (Å²) < 4.78 is 10.1. The lowest BCUT2D eigenvalue weighted by atomic mass is 10.2. The number of likely N-dealkylation sites (N-methyl/N-ethyl adjacent to an activating group) is 2. The van der Waals surface area contributed by atoms with Crippen LogP contribution >= 0.6 is 11.6 Å². The Hall–Kier alpha value is -2.87. The van der Waals surface area contributed by atoms with Crippen LogP contribution in [0.15, 0.2) is 33.5 Å². The molecule has 1 heterocycles. The fourth-order valence-corrected chi connectivity index (χ4v) is 2.09. The maximum Gasteiger partial charge on any atom is 0.374 e. The summed E-state index contributed by atoms with van der Waals surface area (Å²) >= 11 is 5.81. The summed E-state index contributed by atoms with van der Waals surface area (Å²) in [6.07, 6.45) is 0. The molecule has 0 unspecified atom stereocenters. The van der Waals surface area contributed by atoms with Crippen molar-refractivity contribution in [1.82, 2.24) is 10.2 Å². The van der Waals surface area contributed by atoms with E-state index >= 15 is 0 Å². The number of nitrogens with one attached hydrogen (secondary N) is 1. The van der Waals surface area contributed by atoms with Gasteiger partial charge < -0.3 is 19.4 Å². The third kappa shape index (κ3) is 4.57. The minimum atomic E-state index is -0.962. The van der Waals surface area contributed by atoms with Crippen LogP contribution in [0.2, 0.25) is 5.02 Å². The summed E-state index contributed by atoms with van der Waals surface area (Å²) in [5.41, 5.74) is -0.286. The van der Waals surface area contributed by atoms with Crippen LogP contribution in [0, 0.1) is 0 Å². The number of hydrogen-bond donors (Lipinski definition) is 1. The van der Waals surface area contributed by atoms with Gasteiger partial charge in [0.1, 0.15) is 5.58 Å². The van der Waals surface area contributed by atoms with Gasteiger partial charge in [-0.3, -0.25) is 14.4 Å². The number of ether oxygens (including phenoxy) is 1. The van der Waals surface area contributed by atoms with Crippen molar-refractivity contribution >= 4 is 40.4 Å². The molecule has 25 heavy (non-hydrogen) atoms. The van der Waals surface area contributed by atoms with E-state index in [2.05, 4.69) is 5.32 Å². The highest BCUT2D eigenvalue weighted by atomic mass is 35.5. The predicted molar refractivity (Wildman–Crippen MR) is 89.5 cm³/mol. The molecule has 1 N–H and O–H groups in total. The van der Waals surface area contributed by atoms with Gasteiger partial charge in [0, 0.05) is 25.2 Å². The van der Waals surface area contributed by atoms with Gasteiger partial charge in [-0.25, -0.2) is 4.79 Å². The normalized spacial score (nSPS) is 10.4. The summed E-state index contributed by atoms with van der Waals surface area (Å²) in [7, 11) is 2.83. The highest BCUT2D eigenvalue weighted by molar-refractivity contribution is 6.31. The molecule has 2 aromatic rings. The molecule has 1 aromatic carbocycles. The van der Waals surface area contributed by atoms with E-state index in [9.17, 15) is 19.2 Å². The van der Waals surface area contributed by atoms with E-state index in [0.29, 0.717) is 5.02 Å². The van der Waals surface area contributed by atoms with Crippen LogP contribution in [0.25, 0.3) is 11.0 Å². The molecule has 0 spiro atoms. The molecule has 132 valence electrons. The Labute approximate surface area is 147 Å². The number of fused-ring (bicyclic) bond motifs is 1. The van der Waals surface area contributed by atoms with Crippen LogP contribution in [-0.2, 0) is 14.3 Å². The van der Waals surface area contributed by atoms with Gasteiger partial charge in [-0.2, -0.15) is 0 Å². The van der Waals surface area contributed by atoms with Crippen molar-refractivity contribution < 1.29 is 23.5 Å². The third-order valence-corrected chi connectivity index (χ3v) is 3.54.